The summed E-state index contributed by atoms with van der Waals surface area (Å²) in [7, 11) is 0. The molecular weight excluding hydrogens is 264 g/mol. The van der Waals surface area contributed by atoms with Crippen LogP contribution in [0.2, 0.25) is 0 Å². The summed E-state index contributed by atoms with van der Waals surface area (Å²) in [6, 6.07) is 4.41. The van der Waals surface area contributed by atoms with Gasteiger partial charge in [-0.1, -0.05) is 0 Å². The lowest BCUT2D eigenvalue weighted by Gasteiger charge is -2.34. The van der Waals surface area contributed by atoms with Crippen molar-refractivity contribution < 1.29 is 4.74 Å². The number of hydrogen-bond donors (Lipinski definition) is 1. The topological polar surface area (TPSA) is 50.3 Å². The molecule has 2 aliphatic rings. The average Bonchev–Trinajstić information content (AvgIpc) is 2.81. The minimum Gasteiger partial charge on any atom is -0.371 e. The zero-order valence-corrected chi connectivity index (χ0v) is 13.1. The van der Waals surface area contributed by atoms with Crippen molar-refractivity contribution in [3.8, 4) is 0 Å². The van der Waals surface area contributed by atoms with E-state index in [9.17, 15) is 0 Å². The highest BCUT2D eigenvalue weighted by molar-refractivity contribution is 5.32. The summed E-state index contributed by atoms with van der Waals surface area (Å²) in [5.74, 6) is 0.886. The highest BCUT2D eigenvalue weighted by atomic mass is 16.5. The molecular formula is C16H26N4O. The van der Waals surface area contributed by atoms with Gasteiger partial charge in [-0.25, -0.2) is 0 Å². The molecule has 2 fully saturated rings. The molecule has 0 aliphatic carbocycles. The Morgan fingerprint density at radius 3 is 2.76 bits per heavy atom. The highest BCUT2D eigenvalue weighted by Gasteiger charge is 2.33. The maximum Gasteiger partial charge on any atom is 0.148 e. The molecule has 5 nitrogen and oxygen atoms in total. The van der Waals surface area contributed by atoms with Crippen LogP contribution in [0.3, 0.4) is 0 Å². The molecule has 1 atom stereocenters. The number of piperidine rings is 1. The standard InChI is InChI=1S/C16H26N4O/c1-16(2)8-5-14(21-16)12-20-10-6-13(7-11-20)18-15-4-3-9-17-19-15/h3-4,9,13-14H,5-8,10-12H2,1-2H3,(H,18,19)/t14-/m1/s1. The van der Waals surface area contributed by atoms with Crippen molar-refractivity contribution in [2.45, 2.75) is 57.3 Å². The molecule has 0 saturated carbocycles. The van der Waals surface area contributed by atoms with Gasteiger partial charge in [0.1, 0.15) is 5.82 Å². The van der Waals surface area contributed by atoms with Crippen LogP contribution >= 0.6 is 0 Å². The van der Waals surface area contributed by atoms with E-state index in [1.807, 2.05) is 12.1 Å². The molecule has 1 aromatic rings. The van der Waals surface area contributed by atoms with E-state index in [1.54, 1.807) is 6.20 Å². The zero-order chi connectivity index (χ0) is 14.7. The maximum absolute atomic E-state index is 6.10. The van der Waals surface area contributed by atoms with Gasteiger partial charge in [-0.05, 0) is 51.7 Å². The minimum atomic E-state index is 0.0799. The Balaban J connectivity index is 1.41. The molecule has 0 bridgehead atoms. The molecule has 2 saturated heterocycles. The van der Waals surface area contributed by atoms with E-state index < -0.39 is 0 Å². The van der Waals surface area contributed by atoms with Gasteiger partial charge < -0.3 is 15.0 Å². The quantitative estimate of drug-likeness (QED) is 0.922. The third kappa shape index (κ3) is 4.14. The third-order valence-electron chi connectivity index (χ3n) is 4.53. The van der Waals surface area contributed by atoms with Crippen LogP contribution in [-0.4, -0.2) is 52.5 Å². The smallest absolute Gasteiger partial charge is 0.148 e. The minimum absolute atomic E-state index is 0.0799. The molecule has 3 heterocycles. The Bertz CT molecular complexity index is 443. The summed E-state index contributed by atoms with van der Waals surface area (Å²) < 4.78 is 6.10. The number of hydrogen-bond acceptors (Lipinski definition) is 5. The monoisotopic (exact) mass is 290 g/mol. The molecule has 0 spiro atoms. The molecule has 116 valence electrons. The summed E-state index contributed by atoms with van der Waals surface area (Å²) in [6.07, 6.45) is 6.83. The van der Waals surface area contributed by atoms with E-state index in [4.69, 9.17) is 4.74 Å². The summed E-state index contributed by atoms with van der Waals surface area (Å²) in [5.41, 5.74) is 0.0799. The van der Waals surface area contributed by atoms with Gasteiger partial charge in [-0.2, -0.15) is 5.10 Å². The van der Waals surface area contributed by atoms with Gasteiger partial charge in [-0.15, -0.1) is 5.10 Å². The first-order chi connectivity index (χ1) is 10.1. The van der Waals surface area contributed by atoms with Gasteiger partial charge in [0.05, 0.1) is 11.7 Å². The number of nitrogens with one attached hydrogen (secondary N) is 1. The average molecular weight is 290 g/mol. The summed E-state index contributed by atoms with van der Waals surface area (Å²) in [4.78, 5) is 2.54. The number of nitrogens with zero attached hydrogens (tertiary/aromatic N) is 3. The van der Waals surface area contributed by atoms with Crippen molar-refractivity contribution in [1.82, 2.24) is 15.1 Å². The fourth-order valence-corrected chi connectivity index (χ4v) is 3.34. The van der Waals surface area contributed by atoms with Crippen molar-refractivity contribution in [3.05, 3.63) is 18.3 Å². The Morgan fingerprint density at radius 1 is 1.33 bits per heavy atom. The fourth-order valence-electron chi connectivity index (χ4n) is 3.34. The lowest BCUT2D eigenvalue weighted by molar-refractivity contribution is -0.0307. The van der Waals surface area contributed by atoms with E-state index in [2.05, 4.69) is 34.3 Å². The van der Waals surface area contributed by atoms with Gasteiger partial charge in [0.15, 0.2) is 0 Å². The first-order valence-electron chi connectivity index (χ1n) is 8.05. The fraction of sp³-hybridized carbons (Fsp3) is 0.750. The van der Waals surface area contributed by atoms with Crippen LogP contribution in [0.5, 0.6) is 0 Å². The first kappa shape index (κ1) is 14.7. The largest absolute Gasteiger partial charge is 0.371 e. The third-order valence-corrected chi connectivity index (χ3v) is 4.53. The SMILES string of the molecule is CC1(C)CC[C@H](CN2CCC(Nc3cccnn3)CC2)O1. The second-order valence-corrected chi connectivity index (χ2v) is 6.87. The lowest BCUT2D eigenvalue weighted by atomic mass is 10.0. The van der Waals surface area contributed by atoms with E-state index in [-0.39, 0.29) is 5.60 Å². The Kier molecular flexibility index (Phi) is 4.40. The number of rotatable bonds is 4. The second-order valence-electron chi connectivity index (χ2n) is 6.87. The second kappa shape index (κ2) is 6.28. The predicted molar refractivity (Wildman–Crippen MR) is 83.3 cm³/mol. The first-order valence-corrected chi connectivity index (χ1v) is 8.05. The molecule has 0 unspecified atom stereocenters. The van der Waals surface area contributed by atoms with E-state index >= 15 is 0 Å². The number of aromatic nitrogens is 2. The van der Waals surface area contributed by atoms with Crippen molar-refractivity contribution >= 4 is 5.82 Å². The van der Waals surface area contributed by atoms with Gasteiger partial charge in [-0.3, -0.25) is 0 Å². The normalized spacial score (nSPS) is 26.9. The van der Waals surface area contributed by atoms with E-state index in [0.29, 0.717) is 12.1 Å². The molecule has 1 aromatic heterocycles. The van der Waals surface area contributed by atoms with Crippen LogP contribution in [0.15, 0.2) is 18.3 Å². The van der Waals surface area contributed by atoms with Crippen molar-refractivity contribution in [2.75, 3.05) is 25.0 Å². The van der Waals surface area contributed by atoms with Crippen LogP contribution in [0.25, 0.3) is 0 Å². The van der Waals surface area contributed by atoms with E-state index in [0.717, 1.165) is 38.3 Å². The van der Waals surface area contributed by atoms with Gasteiger partial charge in [0.25, 0.3) is 0 Å². The number of ether oxygens (including phenoxy) is 1. The summed E-state index contributed by atoms with van der Waals surface area (Å²) in [6.45, 7) is 7.76. The molecule has 3 rings (SSSR count). The van der Waals surface area contributed by atoms with Crippen molar-refractivity contribution in [3.63, 3.8) is 0 Å². The molecule has 2 aliphatic heterocycles. The van der Waals surface area contributed by atoms with Crippen molar-refractivity contribution in [1.29, 1.82) is 0 Å². The van der Waals surface area contributed by atoms with Crippen LogP contribution in [0, 0.1) is 0 Å². The highest BCUT2D eigenvalue weighted by Crippen LogP contribution is 2.30. The molecule has 0 amide bonds. The number of likely N-dealkylation sites (tertiary alicyclic amines) is 1. The molecule has 1 N–H and O–H groups in total. The van der Waals surface area contributed by atoms with Gasteiger partial charge in [0, 0.05) is 31.9 Å². The predicted octanol–water partition coefficient (Wildman–Crippen LogP) is 2.31. The molecule has 0 radical (unpaired) electrons. The van der Waals surface area contributed by atoms with Gasteiger partial charge >= 0.3 is 0 Å². The lowest BCUT2D eigenvalue weighted by Crippen LogP contribution is -2.42. The van der Waals surface area contributed by atoms with Crippen LogP contribution in [-0.2, 0) is 4.74 Å². The zero-order valence-electron chi connectivity index (χ0n) is 13.1. The Morgan fingerprint density at radius 2 is 2.14 bits per heavy atom. The molecule has 5 heteroatoms. The van der Waals surface area contributed by atoms with Crippen LogP contribution in [0.1, 0.15) is 39.5 Å². The summed E-state index contributed by atoms with van der Waals surface area (Å²) >= 11 is 0. The van der Waals surface area contributed by atoms with E-state index in [1.165, 1.54) is 12.8 Å². The van der Waals surface area contributed by atoms with Gasteiger partial charge in [0.2, 0.25) is 0 Å². The van der Waals surface area contributed by atoms with Crippen LogP contribution in [0.4, 0.5) is 5.82 Å². The van der Waals surface area contributed by atoms with Crippen molar-refractivity contribution in [2.24, 2.45) is 0 Å². The maximum atomic E-state index is 6.10. The Hall–Kier alpha value is -1.20. The summed E-state index contributed by atoms with van der Waals surface area (Å²) in [5, 5.41) is 11.5. The number of anilines is 1. The molecule has 21 heavy (non-hydrogen) atoms. The van der Waals surface area contributed by atoms with Crippen LogP contribution < -0.4 is 5.32 Å². The Labute approximate surface area is 127 Å². The molecule has 0 aromatic carbocycles.